The van der Waals surface area contributed by atoms with Crippen molar-refractivity contribution in [3.8, 4) is 17.1 Å². The van der Waals surface area contributed by atoms with E-state index in [1.54, 1.807) is 0 Å². The van der Waals surface area contributed by atoms with Crippen LogP contribution >= 0.6 is 11.8 Å². The van der Waals surface area contributed by atoms with E-state index in [0.717, 1.165) is 17.0 Å². The molecule has 0 spiro atoms. The van der Waals surface area contributed by atoms with Crippen LogP contribution in [0.5, 0.6) is 5.75 Å². The normalized spacial score (nSPS) is 10.6. The molecule has 1 heterocycles. The number of nitrogens with zero attached hydrogens (tertiary/aromatic N) is 4. The van der Waals surface area contributed by atoms with Crippen molar-refractivity contribution in [2.75, 3.05) is 18.2 Å². The number of nitro benzene ring substituents is 1. The molecular formula is C19H19N5O4S. The SMILES string of the molecule is COc1cc([N+](=O)[O-])ccc1NC(=O)CSc1nnc(-c2ccccc2C)n1C. The number of anilines is 1. The largest absolute Gasteiger partial charge is 0.494 e. The lowest BCUT2D eigenvalue weighted by Crippen LogP contribution is -2.15. The number of nitrogens with one attached hydrogen (secondary N) is 1. The Kier molecular flexibility index (Phi) is 6.13. The van der Waals surface area contributed by atoms with Crippen molar-refractivity contribution in [3.63, 3.8) is 0 Å². The third kappa shape index (κ3) is 4.54. The van der Waals surface area contributed by atoms with Crippen molar-refractivity contribution < 1.29 is 14.5 Å². The summed E-state index contributed by atoms with van der Waals surface area (Å²) in [4.78, 5) is 22.7. The van der Waals surface area contributed by atoms with E-state index in [4.69, 9.17) is 4.74 Å². The molecule has 0 radical (unpaired) electrons. The van der Waals surface area contributed by atoms with E-state index in [0.29, 0.717) is 10.8 Å². The number of nitro groups is 1. The van der Waals surface area contributed by atoms with E-state index < -0.39 is 4.92 Å². The van der Waals surface area contributed by atoms with Crippen molar-refractivity contribution in [1.82, 2.24) is 14.8 Å². The summed E-state index contributed by atoms with van der Waals surface area (Å²) < 4.78 is 6.97. The zero-order valence-electron chi connectivity index (χ0n) is 16.1. The van der Waals surface area contributed by atoms with Crippen LogP contribution in [0.1, 0.15) is 5.56 Å². The van der Waals surface area contributed by atoms with Crippen molar-refractivity contribution >= 4 is 29.0 Å². The van der Waals surface area contributed by atoms with Crippen molar-refractivity contribution in [2.24, 2.45) is 7.05 Å². The summed E-state index contributed by atoms with van der Waals surface area (Å²) in [5, 5.41) is 22.6. The van der Waals surface area contributed by atoms with Crippen LogP contribution in [0.25, 0.3) is 11.4 Å². The predicted octanol–water partition coefficient (Wildman–Crippen LogP) is 3.44. The minimum Gasteiger partial charge on any atom is -0.494 e. The summed E-state index contributed by atoms with van der Waals surface area (Å²) in [6.45, 7) is 2.00. The third-order valence-corrected chi connectivity index (χ3v) is 5.24. The lowest BCUT2D eigenvalue weighted by molar-refractivity contribution is -0.384. The van der Waals surface area contributed by atoms with Crippen LogP contribution in [0, 0.1) is 17.0 Å². The number of rotatable bonds is 7. The monoisotopic (exact) mass is 413 g/mol. The molecular weight excluding hydrogens is 394 g/mol. The van der Waals surface area contributed by atoms with Crippen molar-refractivity contribution in [3.05, 3.63) is 58.1 Å². The second-order valence-electron chi connectivity index (χ2n) is 6.16. The lowest BCUT2D eigenvalue weighted by Gasteiger charge is -2.10. The highest BCUT2D eigenvalue weighted by molar-refractivity contribution is 7.99. The molecule has 1 N–H and O–H groups in total. The molecule has 0 aliphatic heterocycles. The fourth-order valence-corrected chi connectivity index (χ4v) is 3.42. The molecule has 0 atom stereocenters. The van der Waals surface area contributed by atoms with Gasteiger partial charge in [0.15, 0.2) is 11.0 Å². The summed E-state index contributed by atoms with van der Waals surface area (Å²) in [6.07, 6.45) is 0. The molecule has 29 heavy (non-hydrogen) atoms. The maximum Gasteiger partial charge on any atom is 0.273 e. The summed E-state index contributed by atoms with van der Waals surface area (Å²) in [7, 11) is 3.23. The average molecular weight is 413 g/mol. The number of aromatic nitrogens is 3. The first-order chi connectivity index (χ1) is 13.9. The predicted molar refractivity (Wildman–Crippen MR) is 110 cm³/mol. The zero-order valence-corrected chi connectivity index (χ0v) is 16.9. The molecule has 3 aromatic rings. The number of hydrogen-bond donors (Lipinski definition) is 1. The molecule has 3 rings (SSSR count). The van der Waals surface area contributed by atoms with Gasteiger partial charge in [-0.2, -0.15) is 0 Å². The van der Waals surface area contributed by atoms with E-state index in [1.807, 2.05) is 42.8 Å². The van der Waals surface area contributed by atoms with Gasteiger partial charge in [-0.1, -0.05) is 36.0 Å². The summed E-state index contributed by atoms with van der Waals surface area (Å²) in [5.41, 5.74) is 2.32. The van der Waals surface area contributed by atoms with Gasteiger partial charge < -0.3 is 14.6 Å². The van der Waals surface area contributed by atoms with E-state index in [1.165, 1.54) is 37.1 Å². The highest BCUT2D eigenvalue weighted by Gasteiger charge is 2.16. The molecule has 0 unspecified atom stereocenters. The fourth-order valence-electron chi connectivity index (χ4n) is 2.71. The molecule has 1 aromatic heterocycles. The Morgan fingerprint density at radius 3 is 2.72 bits per heavy atom. The van der Waals surface area contributed by atoms with Crippen LogP contribution in [-0.2, 0) is 11.8 Å². The second kappa shape index (κ2) is 8.74. The molecule has 2 aromatic carbocycles. The number of carbonyl (C=O) groups excluding carboxylic acids is 1. The molecule has 0 aliphatic carbocycles. The summed E-state index contributed by atoms with van der Waals surface area (Å²) >= 11 is 1.25. The van der Waals surface area contributed by atoms with Gasteiger partial charge in [-0.3, -0.25) is 14.9 Å². The Balaban J connectivity index is 1.68. The van der Waals surface area contributed by atoms with Crippen molar-refractivity contribution in [2.45, 2.75) is 12.1 Å². The Morgan fingerprint density at radius 2 is 2.03 bits per heavy atom. The van der Waals surface area contributed by atoms with Gasteiger partial charge in [-0.15, -0.1) is 10.2 Å². The molecule has 9 nitrogen and oxygen atoms in total. The summed E-state index contributed by atoms with van der Waals surface area (Å²) in [6, 6.07) is 11.9. The molecule has 0 saturated carbocycles. The number of benzene rings is 2. The zero-order chi connectivity index (χ0) is 21.0. The van der Waals surface area contributed by atoms with E-state index in [-0.39, 0.29) is 23.1 Å². The maximum absolute atomic E-state index is 12.3. The molecule has 0 aliphatic rings. The van der Waals surface area contributed by atoms with Gasteiger partial charge >= 0.3 is 0 Å². The Bertz CT molecular complexity index is 1070. The number of amides is 1. The van der Waals surface area contributed by atoms with Gasteiger partial charge in [-0.25, -0.2) is 0 Å². The van der Waals surface area contributed by atoms with Crippen LogP contribution in [0.15, 0.2) is 47.6 Å². The maximum atomic E-state index is 12.3. The van der Waals surface area contributed by atoms with Crippen LogP contribution in [0.4, 0.5) is 11.4 Å². The molecule has 1 amide bonds. The van der Waals surface area contributed by atoms with E-state index in [9.17, 15) is 14.9 Å². The van der Waals surface area contributed by atoms with Gasteiger partial charge in [0, 0.05) is 18.7 Å². The Labute approximate surface area is 171 Å². The molecule has 0 fully saturated rings. The van der Waals surface area contributed by atoms with Crippen molar-refractivity contribution in [1.29, 1.82) is 0 Å². The van der Waals surface area contributed by atoms with E-state index in [2.05, 4.69) is 15.5 Å². The highest BCUT2D eigenvalue weighted by atomic mass is 32.2. The first-order valence-corrected chi connectivity index (χ1v) is 9.59. The second-order valence-corrected chi connectivity index (χ2v) is 7.10. The average Bonchev–Trinajstić information content (AvgIpc) is 3.07. The van der Waals surface area contributed by atoms with Gasteiger partial charge in [0.2, 0.25) is 5.91 Å². The number of ether oxygens (including phenoxy) is 1. The smallest absolute Gasteiger partial charge is 0.273 e. The standard InChI is InChI=1S/C19H19N5O4S/c1-12-6-4-5-7-14(12)18-21-22-19(23(18)2)29-11-17(25)20-15-9-8-13(24(26)27)10-16(15)28-3/h4-10H,11H2,1-3H3,(H,20,25). The molecule has 0 bridgehead atoms. The Morgan fingerprint density at radius 1 is 1.28 bits per heavy atom. The number of hydrogen-bond acceptors (Lipinski definition) is 7. The Hall–Kier alpha value is -3.40. The number of aryl methyl sites for hydroxylation is 1. The topological polar surface area (TPSA) is 112 Å². The van der Waals surface area contributed by atoms with Crippen LogP contribution < -0.4 is 10.1 Å². The van der Waals surface area contributed by atoms with E-state index >= 15 is 0 Å². The number of carbonyl (C=O) groups is 1. The van der Waals surface area contributed by atoms with Gasteiger partial charge in [0.25, 0.3) is 5.69 Å². The fraction of sp³-hybridized carbons (Fsp3) is 0.211. The first-order valence-electron chi connectivity index (χ1n) is 8.61. The summed E-state index contributed by atoms with van der Waals surface area (Å²) in [5.74, 6) is 0.753. The van der Waals surface area contributed by atoms with Gasteiger partial charge in [0.1, 0.15) is 5.75 Å². The minimum atomic E-state index is -0.524. The molecule has 10 heteroatoms. The third-order valence-electron chi connectivity index (χ3n) is 4.22. The van der Waals surface area contributed by atoms with Crippen LogP contribution in [0.2, 0.25) is 0 Å². The molecule has 150 valence electrons. The molecule has 0 saturated heterocycles. The minimum absolute atomic E-state index is 0.0971. The quantitative estimate of drug-likeness (QED) is 0.359. The number of thioether (sulfide) groups is 1. The highest BCUT2D eigenvalue weighted by Crippen LogP contribution is 2.29. The number of non-ortho nitro benzene ring substituents is 1. The van der Waals surface area contributed by atoms with Crippen LogP contribution in [0.3, 0.4) is 0 Å². The van der Waals surface area contributed by atoms with Gasteiger partial charge in [-0.05, 0) is 18.6 Å². The lowest BCUT2D eigenvalue weighted by atomic mass is 10.1. The number of methoxy groups -OCH3 is 1. The van der Waals surface area contributed by atoms with Gasteiger partial charge in [0.05, 0.1) is 29.5 Å². The van der Waals surface area contributed by atoms with Crippen LogP contribution in [-0.4, -0.2) is 38.5 Å². The first kappa shape index (κ1) is 20.3.